The van der Waals surface area contributed by atoms with Crippen molar-refractivity contribution in [2.24, 2.45) is 0 Å². The van der Waals surface area contributed by atoms with Crippen LogP contribution in [0.1, 0.15) is 5.56 Å². The van der Waals surface area contributed by atoms with Gasteiger partial charge in [0.05, 0.1) is 26.9 Å². The van der Waals surface area contributed by atoms with Crippen LogP contribution in [0.15, 0.2) is 30.5 Å². The maximum Gasteiger partial charge on any atom is 0.328 e. The molecule has 1 aromatic carbocycles. The average molecular weight is 345 g/mol. The molecule has 1 fully saturated rings. The minimum atomic E-state index is -0.710. The molecule has 1 aliphatic heterocycles. The van der Waals surface area contributed by atoms with Gasteiger partial charge < -0.3 is 19.8 Å². The molecule has 134 valence electrons. The molecule has 7 nitrogen and oxygen atoms in total. The summed E-state index contributed by atoms with van der Waals surface area (Å²) in [5.74, 6) is -0.627. The van der Waals surface area contributed by atoms with Gasteiger partial charge in [0, 0.05) is 36.6 Å². The monoisotopic (exact) mass is 345 g/mol. The van der Waals surface area contributed by atoms with Crippen molar-refractivity contribution in [1.82, 2.24) is 15.2 Å². The SMILES string of the molecule is COC(=O)[C@@H](Cc1c[nH]c2ccccc12)NC(=O)CN1CCOCC1. The van der Waals surface area contributed by atoms with Crippen molar-refractivity contribution in [3.8, 4) is 0 Å². The summed E-state index contributed by atoms with van der Waals surface area (Å²) in [6, 6.07) is 7.15. The molecule has 0 saturated carbocycles. The largest absolute Gasteiger partial charge is 0.467 e. The van der Waals surface area contributed by atoms with Gasteiger partial charge in [-0.05, 0) is 11.6 Å². The van der Waals surface area contributed by atoms with E-state index in [0.29, 0.717) is 19.6 Å². The molecule has 3 rings (SSSR count). The van der Waals surface area contributed by atoms with Crippen molar-refractivity contribution >= 4 is 22.8 Å². The van der Waals surface area contributed by atoms with E-state index in [4.69, 9.17) is 9.47 Å². The molecule has 1 saturated heterocycles. The number of H-pyrrole nitrogens is 1. The number of hydrogen-bond donors (Lipinski definition) is 2. The van der Waals surface area contributed by atoms with Crippen LogP contribution in [0, 0.1) is 0 Å². The maximum atomic E-state index is 12.3. The van der Waals surface area contributed by atoms with Crippen LogP contribution in [0.2, 0.25) is 0 Å². The Morgan fingerprint density at radius 2 is 2.08 bits per heavy atom. The second kappa shape index (κ2) is 8.13. The zero-order valence-electron chi connectivity index (χ0n) is 14.3. The van der Waals surface area contributed by atoms with Gasteiger partial charge in [-0.25, -0.2) is 4.79 Å². The Labute approximate surface area is 146 Å². The number of morpholine rings is 1. The third kappa shape index (κ3) is 4.37. The fourth-order valence-electron chi connectivity index (χ4n) is 3.06. The molecule has 2 aromatic rings. The summed E-state index contributed by atoms with van der Waals surface area (Å²) >= 11 is 0. The Kier molecular flexibility index (Phi) is 5.67. The van der Waals surface area contributed by atoms with E-state index in [1.54, 1.807) is 0 Å². The fourth-order valence-corrected chi connectivity index (χ4v) is 3.06. The van der Waals surface area contributed by atoms with Gasteiger partial charge in [0.1, 0.15) is 6.04 Å². The first-order valence-corrected chi connectivity index (χ1v) is 8.39. The van der Waals surface area contributed by atoms with E-state index in [1.165, 1.54) is 7.11 Å². The number of rotatable bonds is 6. The van der Waals surface area contributed by atoms with Gasteiger partial charge in [0.15, 0.2) is 0 Å². The van der Waals surface area contributed by atoms with Crippen molar-refractivity contribution in [2.45, 2.75) is 12.5 Å². The van der Waals surface area contributed by atoms with Crippen molar-refractivity contribution in [2.75, 3.05) is 40.0 Å². The Morgan fingerprint density at radius 1 is 1.32 bits per heavy atom. The van der Waals surface area contributed by atoms with Crippen LogP contribution in [0.3, 0.4) is 0 Å². The molecule has 1 amide bonds. The highest BCUT2D eigenvalue weighted by Crippen LogP contribution is 2.19. The highest BCUT2D eigenvalue weighted by atomic mass is 16.5. The molecule has 1 aliphatic rings. The molecule has 0 bridgehead atoms. The van der Waals surface area contributed by atoms with Gasteiger partial charge in [0.2, 0.25) is 5.91 Å². The zero-order valence-corrected chi connectivity index (χ0v) is 14.3. The number of nitrogens with zero attached hydrogens (tertiary/aromatic N) is 1. The summed E-state index contributed by atoms with van der Waals surface area (Å²) in [4.78, 5) is 29.6. The Balaban J connectivity index is 1.67. The summed E-state index contributed by atoms with van der Waals surface area (Å²) in [6.45, 7) is 2.95. The predicted molar refractivity (Wildman–Crippen MR) is 93.2 cm³/mol. The zero-order chi connectivity index (χ0) is 17.6. The normalized spacial score (nSPS) is 16.5. The lowest BCUT2D eigenvalue weighted by atomic mass is 10.0. The molecule has 1 atom stereocenters. The van der Waals surface area contributed by atoms with Crippen LogP contribution in [0.25, 0.3) is 10.9 Å². The third-order valence-corrected chi connectivity index (χ3v) is 4.39. The number of carbonyl (C=O) groups is 2. The number of amides is 1. The number of benzene rings is 1. The highest BCUT2D eigenvalue weighted by molar-refractivity contribution is 5.87. The molecular formula is C18H23N3O4. The molecule has 25 heavy (non-hydrogen) atoms. The van der Waals surface area contributed by atoms with E-state index in [-0.39, 0.29) is 12.5 Å². The quantitative estimate of drug-likeness (QED) is 0.753. The Morgan fingerprint density at radius 3 is 2.84 bits per heavy atom. The number of hydrogen-bond acceptors (Lipinski definition) is 5. The van der Waals surface area contributed by atoms with Gasteiger partial charge in [0.25, 0.3) is 0 Å². The molecular weight excluding hydrogens is 322 g/mol. The van der Waals surface area contributed by atoms with Crippen LogP contribution in [-0.2, 0) is 25.5 Å². The molecule has 2 heterocycles. The Bertz CT molecular complexity index is 737. The minimum Gasteiger partial charge on any atom is -0.467 e. The van der Waals surface area contributed by atoms with Crippen LogP contribution in [0.5, 0.6) is 0 Å². The minimum absolute atomic E-state index is 0.183. The molecule has 0 radical (unpaired) electrons. The number of aromatic nitrogens is 1. The Hall–Kier alpha value is -2.38. The summed E-state index contributed by atoms with van der Waals surface area (Å²) in [6.07, 6.45) is 2.25. The molecule has 0 spiro atoms. The predicted octanol–water partition coefficient (Wildman–Crippen LogP) is 0.700. The lowest BCUT2D eigenvalue weighted by molar-refractivity contribution is -0.145. The van der Waals surface area contributed by atoms with E-state index in [0.717, 1.165) is 29.6 Å². The number of nitrogens with one attached hydrogen (secondary N) is 2. The molecule has 7 heteroatoms. The number of ether oxygens (including phenoxy) is 2. The lowest BCUT2D eigenvalue weighted by Gasteiger charge is -2.26. The van der Waals surface area contributed by atoms with Gasteiger partial charge in [-0.3, -0.25) is 9.69 Å². The van der Waals surface area contributed by atoms with Crippen molar-refractivity contribution in [3.63, 3.8) is 0 Å². The summed E-state index contributed by atoms with van der Waals surface area (Å²) in [7, 11) is 1.33. The van der Waals surface area contributed by atoms with E-state index in [1.807, 2.05) is 35.4 Å². The van der Waals surface area contributed by atoms with Crippen LogP contribution < -0.4 is 5.32 Å². The second-order valence-corrected chi connectivity index (χ2v) is 6.10. The van der Waals surface area contributed by atoms with Crippen LogP contribution in [0.4, 0.5) is 0 Å². The number of methoxy groups -OCH3 is 1. The van der Waals surface area contributed by atoms with Gasteiger partial charge >= 0.3 is 5.97 Å². The van der Waals surface area contributed by atoms with Crippen LogP contribution in [-0.4, -0.2) is 67.8 Å². The van der Waals surface area contributed by atoms with E-state index in [9.17, 15) is 9.59 Å². The van der Waals surface area contributed by atoms with Gasteiger partial charge in [-0.15, -0.1) is 0 Å². The lowest BCUT2D eigenvalue weighted by Crippen LogP contribution is -2.49. The number of carbonyl (C=O) groups excluding carboxylic acids is 2. The van der Waals surface area contributed by atoms with Crippen LogP contribution >= 0.6 is 0 Å². The van der Waals surface area contributed by atoms with E-state index >= 15 is 0 Å². The first-order chi connectivity index (χ1) is 12.2. The standard InChI is InChI=1S/C18H23N3O4/c1-24-18(23)16(20-17(22)12-21-6-8-25-9-7-21)10-13-11-19-15-5-3-2-4-14(13)15/h2-5,11,16,19H,6-10,12H2,1H3,(H,20,22)/t16-/m1/s1. The first kappa shape index (κ1) is 17.4. The maximum absolute atomic E-state index is 12.3. The number of fused-ring (bicyclic) bond motifs is 1. The highest BCUT2D eigenvalue weighted by Gasteiger charge is 2.24. The smallest absolute Gasteiger partial charge is 0.328 e. The van der Waals surface area contributed by atoms with Crippen molar-refractivity contribution in [1.29, 1.82) is 0 Å². The average Bonchev–Trinajstić information content (AvgIpc) is 3.04. The summed E-state index contributed by atoms with van der Waals surface area (Å²) < 4.78 is 10.1. The summed E-state index contributed by atoms with van der Waals surface area (Å²) in [5, 5.41) is 3.85. The molecule has 1 aromatic heterocycles. The number of esters is 1. The third-order valence-electron chi connectivity index (χ3n) is 4.39. The summed E-state index contributed by atoms with van der Waals surface area (Å²) in [5.41, 5.74) is 1.97. The van der Waals surface area contributed by atoms with Gasteiger partial charge in [-0.1, -0.05) is 18.2 Å². The van der Waals surface area contributed by atoms with E-state index < -0.39 is 12.0 Å². The van der Waals surface area contributed by atoms with Gasteiger partial charge in [-0.2, -0.15) is 0 Å². The molecule has 2 N–H and O–H groups in total. The second-order valence-electron chi connectivity index (χ2n) is 6.10. The number of para-hydroxylation sites is 1. The molecule has 0 unspecified atom stereocenters. The first-order valence-electron chi connectivity index (χ1n) is 8.39. The van der Waals surface area contributed by atoms with Crippen molar-refractivity contribution in [3.05, 3.63) is 36.0 Å². The fraction of sp³-hybridized carbons (Fsp3) is 0.444. The molecule has 0 aliphatic carbocycles. The van der Waals surface area contributed by atoms with E-state index in [2.05, 4.69) is 10.3 Å². The topological polar surface area (TPSA) is 83.7 Å². The van der Waals surface area contributed by atoms with Crippen molar-refractivity contribution < 1.29 is 19.1 Å². The number of aromatic amines is 1.